The average molecular weight is 523 g/mol. The fraction of sp³-hybridized carbons (Fsp3) is 0.115. The molecule has 194 valence electrons. The first-order valence-corrected chi connectivity index (χ1v) is 12.0. The van der Waals surface area contributed by atoms with E-state index in [0.29, 0.717) is 33.9 Å². The van der Waals surface area contributed by atoms with Crippen molar-refractivity contribution in [1.29, 1.82) is 0 Å². The standard InChI is InChI=1S/C26H22N10O3/c1-36-22-16(23(38)35-36)10-11-20(30-22)31-26-28-13-17(24-33-34-25(39-24)18-9-5-6-12-27-18)21(32-26)29-19(14-37)15-7-3-2-4-8-15/h2-13,19,37H,14H2,1H3,(H,35,38)(H2,28,29,30,31,32)/t19-/m1/s1. The van der Waals surface area contributed by atoms with Gasteiger partial charge in [-0.25, -0.2) is 9.97 Å². The second-order valence-electron chi connectivity index (χ2n) is 8.57. The number of nitrogens with zero attached hydrogens (tertiary/aromatic N) is 7. The van der Waals surface area contributed by atoms with Crippen LogP contribution < -0.4 is 16.2 Å². The molecule has 0 spiro atoms. The van der Waals surface area contributed by atoms with Crippen molar-refractivity contribution >= 4 is 28.6 Å². The van der Waals surface area contributed by atoms with E-state index in [1.54, 1.807) is 42.2 Å². The molecule has 0 fully saturated rings. The topological polar surface area (TPSA) is 173 Å². The Kier molecular flexibility index (Phi) is 6.23. The molecule has 0 saturated carbocycles. The number of benzene rings is 1. The molecule has 0 aliphatic carbocycles. The number of aromatic amines is 1. The van der Waals surface area contributed by atoms with Crippen molar-refractivity contribution in [1.82, 2.24) is 39.9 Å². The summed E-state index contributed by atoms with van der Waals surface area (Å²) in [7, 11) is 1.70. The summed E-state index contributed by atoms with van der Waals surface area (Å²) in [5.41, 5.74) is 2.08. The number of hydrogen-bond acceptors (Lipinski definition) is 11. The van der Waals surface area contributed by atoms with Crippen LogP contribution in [0.5, 0.6) is 0 Å². The Morgan fingerprint density at radius 3 is 2.62 bits per heavy atom. The minimum absolute atomic E-state index is 0.177. The predicted molar refractivity (Wildman–Crippen MR) is 143 cm³/mol. The molecule has 0 saturated heterocycles. The van der Waals surface area contributed by atoms with Crippen molar-refractivity contribution < 1.29 is 9.52 Å². The molecule has 0 unspecified atom stereocenters. The van der Waals surface area contributed by atoms with Crippen molar-refractivity contribution in [2.75, 3.05) is 17.2 Å². The van der Waals surface area contributed by atoms with Gasteiger partial charge in [0.05, 0.1) is 23.6 Å². The number of nitrogens with one attached hydrogen (secondary N) is 3. The van der Waals surface area contributed by atoms with Gasteiger partial charge in [0.15, 0.2) is 5.65 Å². The predicted octanol–water partition coefficient (Wildman–Crippen LogP) is 3.05. The molecular formula is C26H22N10O3. The maximum atomic E-state index is 12.0. The number of anilines is 3. The number of pyridine rings is 2. The van der Waals surface area contributed by atoms with Gasteiger partial charge >= 0.3 is 0 Å². The molecule has 1 atom stereocenters. The van der Waals surface area contributed by atoms with Gasteiger partial charge in [0.2, 0.25) is 5.95 Å². The highest BCUT2D eigenvalue weighted by Crippen LogP contribution is 2.31. The molecule has 5 aromatic heterocycles. The van der Waals surface area contributed by atoms with E-state index in [1.165, 1.54) is 6.20 Å². The van der Waals surface area contributed by atoms with Gasteiger partial charge in [0, 0.05) is 19.4 Å². The smallest absolute Gasteiger partial charge is 0.273 e. The molecule has 13 nitrogen and oxygen atoms in total. The lowest BCUT2D eigenvalue weighted by molar-refractivity contribution is 0.276. The van der Waals surface area contributed by atoms with E-state index in [9.17, 15) is 9.90 Å². The first kappa shape index (κ1) is 23.9. The molecule has 39 heavy (non-hydrogen) atoms. The fourth-order valence-electron chi connectivity index (χ4n) is 4.05. The number of aliphatic hydroxyl groups is 1. The summed E-state index contributed by atoms with van der Waals surface area (Å²) >= 11 is 0. The van der Waals surface area contributed by atoms with Crippen molar-refractivity contribution in [2.45, 2.75) is 6.04 Å². The number of fused-ring (bicyclic) bond motifs is 1. The number of hydrogen-bond donors (Lipinski definition) is 4. The van der Waals surface area contributed by atoms with Crippen LogP contribution in [0.2, 0.25) is 0 Å². The first-order chi connectivity index (χ1) is 19.1. The minimum Gasteiger partial charge on any atom is -0.414 e. The van der Waals surface area contributed by atoms with Gasteiger partial charge in [-0.1, -0.05) is 36.4 Å². The highest BCUT2D eigenvalue weighted by molar-refractivity contribution is 5.77. The van der Waals surface area contributed by atoms with Crippen LogP contribution in [-0.2, 0) is 7.05 Å². The lowest BCUT2D eigenvalue weighted by Crippen LogP contribution is -2.17. The molecule has 4 N–H and O–H groups in total. The molecule has 13 heteroatoms. The zero-order valence-corrected chi connectivity index (χ0v) is 20.6. The average Bonchev–Trinajstić information content (AvgIpc) is 3.57. The quantitative estimate of drug-likeness (QED) is 0.231. The Morgan fingerprint density at radius 1 is 1.00 bits per heavy atom. The number of rotatable bonds is 8. The zero-order valence-electron chi connectivity index (χ0n) is 20.6. The van der Waals surface area contributed by atoms with Crippen molar-refractivity contribution in [2.24, 2.45) is 7.05 Å². The van der Waals surface area contributed by atoms with Crippen LogP contribution in [0.15, 0.2) is 82.3 Å². The molecule has 0 radical (unpaired) electrons. The van der Waals surface area contributed by atoms with Gasteiger partial charge in [-0.15, -0.1) is 10.2 Å². The van der Waals surface area contributed by atoms with Crippen LogP contribution in [0.4, 0.5) is 17.6 Å². The van der Waals surface area contributed by atoms with E-state index < -0.39 is 6.04 Å². The van der Waals surface area contributed by atoms with E-state index in [2.05, 4.69) is 45.9 Å². The summed E-state index contributed by atoms with van der Waals surface area (Å²) < 4.78 is 7.45. The third-order valence-electron chi connectivity index (χ3n) is 5.97. The van der Waals surface area contributed by atoms with Gasteiger partial charge in [0.25, 0.3) is 17.3 Å². The third-order valence-corrected chi connectivity index (χ3v) is 5.97. The van der Waals surface area contributed by atoms with E-state index in [-0.39, 0.29) is 29.9 Å². The molecule has 5 heterocycles. The SMILES string of the molecule is Cn1[nH]c(=O)c2ccc(Nc3ncc(-c4nnc(-c5ccccn5)o4)c(N[C@H](CO)c4ccccc4)n3)nc21. The Bertz CT molecular complexity index is 1800. The van der Waals surface area contributed by atoms with Crippen LogP contribution in [0, 0.1) is 0 Å². The Labute approximate surface area is 220 Å². The van der Waals surface area contributed by atoms with Crippen molar-refractivity contribution in [3.05, 3.63) is 89.0 Å². The Hall–Kier alpha value is -5.43. The fourth-order valence-corrected chi connectivity index (χ4v) is 4.05. The summed E-state index contributed by atoms with van der Waals surface area (Å²) in [5, 5.41) is 28.0. The van der Waals surface area contributed by atoms with E-state index in [0.717, 1.165) is 5.56 Å². The molecular weight excluding hydrogens is 500 g/mol. The van der Waals surface area contributed by atoms with Crippen LogP contribution in [-0.4, -0.2) is 51.6 Å². The molecule has 6 aromatic rings. The Balaban J connectivity index is 1.38. The molecule has 6 rings (SSSR count). The molecule has 0 aliphatic heterocycles. The highest BCUT2D eigenvalue weighted by Gasteiger charge is 2.20. The number of aliphatic hydroxyl groups excluding tert-OH is 1. The highest BCUT2D eigenvalue weighted by atomic mass is 16.4. The van der Waals surface area contributed by atoms with E-state index >= 15 is 0 Å². The monoisotopic (exact) mass is 522 g/mol. The second kappa shape index (κ2) is 10.1. The van der Waals surface area contributed by atoms with Gasteiger partial charge in [-0.05, 0) is 29.8 Å². The maximum absolute atomic E-state index is 12.0. The van der Waals surface area contributed by atoms with Crippen molar-refractivity contribution in [3.63, 3.8) is 0 Å². The van der Waals surface area contributed by atoms with Gasteiger partial charge in [-0.2, -0.15) is 4.98 Å². The molecule has 0 bridgehead atoms. The molecule has 1 aromatic carbocycles. The number of aromatic nitrogens is 8. The minimum atomic E-state index is -0.477. The largest absolute Gasteiger partial charge is 0.414 e. The summed E-state index contributed by atoms with van der Waals surface area (Å²) in [6.45, 7) is -0.195. The number of aryl methyl sites for hydroxylation is 1. The summed E-state index contributed by atoms with van der Waals surface area (Å²) in [6.07, 6.45) is 3.18. The second-order valence-corrected chi connectivity index (χ2v) is 8.57. The summed E-state index contributed by atoms with van der Waals surface area (Å²) in [5.74, 6) is 1.43. The maximum Gasteiger partial charge on any atom is 0.273 e. The number of H-pyrrole nitrogens is 1. The third kappa shape index (κ3) is 4.81. The molecule has 0 aliphatic rings. The van der Waals surface area contributed by atoms with Crippen LogP contribution in [0.1, 0.15) is 11.6 Å². The first-order valence-electron chi connectivity index (χ1n) is 12.0. The van der Waals surface area contributed by atoms with E-state index in [4.69, 9.17) is 4.42 Å². The lowest BCUT2D eigenvalue weighted by atomic mass is 10.1. The molecule has 0 amide bonds. The normalized spacial score (nSPS) is 11.9. The lowest BCUT2D eigenvalue weighted by Gasteiger charge is -2.19. The summed E-state index contributed by atoms with van der Waals surface area (Å²) in [4.78, 5) is 29.8. The Morgan fingerprint density at radius 2 is 1.82 bits per heavy atom. The summed E-state index contributed by atoms with van der Waals surface area (Å²) in [6, 6.07) is 17.7. The van der Waals surface area contributed by atoms with Gasteiger partial charge < -0.3 is 20.2 Å². The van der Waals surface area contributed by atoms with Crippen LogP contribution in [0.3, 0.4) is 0 Å². The van der Waals surface area contributed by atoms with Gasteiger partial charge in [0.1, 0.15) is 17.3 Å². The van der Waals surface area contributed by atoms with E-state index in [1.807, 2.05) is 36.4 Å². The van der Waals surface area contributed by atoms with Gasteiger partial charge in [-0.3, -0.25) is 19.6 Å². The van der Waals surface area contributed by atoms with Crippen LogP contribution in [0.25, 0.3) is 34.1 Å². The van der Waals surface area contributed by atoms with Crippen LogP contribution >= 0.6 is 0 Å². The van der Waals surface area contributed by atoms with Crippen molar-refractivity contribution in [3.8, 4) is 23.0 Å². The zero-order chi connectivity index (χ0) is 26.8.